The zero-order chi connectivity index (χ0) is 22.6. The van der Waals surface area contributed by atoms with E-state index in [4.69, 9.17) is 11.5 Å². The Balaban J connectivity index is 1.43. The van der Waals surface area contributed by atoms with Gasteiger partial charge in [-0.25, -0.2) is 0 Å². The average Bonchev–Trinajstić information content (AvgIpc) is 3.24. The van der Waals surface area contributed by atoms with Gasteiger partial charge in [0, 0.05) is 59.4 Å². The number of aromatic nitrogens is 1. The van der Waals surface area contributed by atoms with Crippen molar-refractivity contribution in [3.63, 3.8) is 0 Å². The Morgan fingerprint density at radius 2 is 0.909 bits per heavy atom. The summed E-state index contributed by atoms with van der Waals surface area (Å²) in [6.07, 6.45) is 0. The fourth-order valence-corrected chi connectivity index (χ4v) is 4.26. The van der Waals surface area contributed by atoms with E-state index in [1.54, 1.807) is 0 Å². The first-order valence-electron chi connectivity index (χ1n) is 11.4. The summed E-state index contributed by atoms with van der Waals surface area (Å²) < 4.78 is 0. The fourth-order valence-electron chi connectivity index (χ4n) is 4.26. The Hall–Kier alpha value is -3.80. The molecule has 1 heterocycles. The van der Waals surface area contributed by atoms with Gasteiger partial charge < -0.3 is 27.1 Å². The van der Waals surface area contributed by atoms with Crippen molar-refractivity contribution in [3.05, 3.63) is 84.9 Å². The summed E-state index contributed by atoms with van der Waals surface area (Å²) in [5, 5.41) is 9.10. The molecular formula is C28H29N5. The number of fused-ring (bicyclic) bond motifs is 3. The van der Waals surface area contributed by atoms with E-state index in [0.29, 0.717) is 13.1 Å². The number of aromatic amines is 1. The topological polar surface area (TPSA) is 91.9 Å². The minimum absolute atomic E-state index is 0.623. The maximum Gasteiger partial charge on any atom is 0.0471 e. The van der Waals surface area contributed by atoms with Gasteiger partial charge in [-0.3, -0.25) is 0 Å². The SMILES string of the molecule is NCCNc1ccc(-c2ccc3c(c2)[nH]c2cc(-c4ccc(NCCN)cc4)ccc23)cc1. The second-order valence-electron chi connectivity index (χ2n) is 8.23. The lowest BCUT2D eigenvalue weighted by Crippen LogP contribution is -2.12. The maximum atomic E-state index is 5.57. The molecule has 1 aromatic heterocycles. The van der Waals surface area contributed by atoms with E-state index < -0.39 is 0 Å². The van der Waals surface area contributed by atoms with E-state index in [1.165, 1.54) is 33.0 Å². The van der Waals surface area contributed by atoms with Gasteiger partial charge in [0.15, 0.2) is 0 Å². The first kappa shape index (κ1) is 21.1. The predicted octanol–water partition coefficient (Wildman–Crippen LogP) is 5.40. The first-order chi connectivity index (χ1) is 16.2. The van der Waals surface area contributed by atoms with Crippen molar-refractivity contribution in [2.75, 3.05) is 36.8 Å². The third-order valence-electron chi connectivity index (χ3n) is 5.98. The highest BCUT2D eigenvalue weighted by atomic mass is 14.9. The number of hydrogen-bond donors (Lipinski definition) is 5. The van der Waals surface area contributed by atoms with E-state index >= 15 is 0 Å². The van der Waals surface area contributed by atoms with Gasteiger partial charge in [0.2, 0.25) is 0 Å². The Labute approximate surface area is 193 Å². The monoisotopic (exact) mass is 435 g/mol. The fraction of sp³-hybridized carbons (Fsp3) is 0.143. The lowest BCUT2D eigenvalue weighted by Gasteiger charge is -2.07. The van der Waals surface area contributed by atoms with E-state index in [2.05, 4.69) is 101 Å². The molecule has 0 atom stereocenters. The Bertz CT molecular complexity index is 1260. The van der Waals surface area contributed by atoms with E-state index in [0.717, 1.165) is 35.5 Å². The molecule has 0 unspecified atom stereocenters. The summed E-state index contributed by atoms with van der Waals surface area (Å²) in [4.78, 5) is 3.62. The van der Waals surface area contributed by atoms with Gasteiger partial charge in [0.05, 0.1) is 0 Å². The zero-order valence-corrected chi connectivity index (χ0v) is 18.6. The van der Waals surface area contributed by atoms with Crippen LogP contribution in [-0.4, -0.2) is 31.2 Å². The summed E-state index contributed by atoms with van der Waals surface area (Å²) in [7, 11) is 0. The molecule has 166 valence electrons. The highest BCUT2D eigenvalue weighted by molar-refractivity contribution is 6.09. The van der Waals surface area contributed by atoms with Crippen molar-refractivity contribution in [3.8, 4) is 22.3 Å². The van der Waals surface area contributed by atoms with Crippen molar-refractivity contribution in [2.24, 2.45) is 11.5 Å². The van der Waals surface area contributed by atoms with E-state index in [-0.39, 0.29) is 0 Å². The summed E-state index contributed by atoms with van der Waals surface area (Å²) in [5.74, 6) is 0. The second kappa shape index (κ2) is 9.36. The molecule has 7 N–H and O–H groups in total. The summed E-state index contributed by atoms with van der Waals surface area (Å²) in [6.45, 7) is 2.80. The molecule has 0 aliphatic heterocycles. The summed E-state index contributed by atoms with van der Waals surface area (Å²) >= 11 is 0. The maximum absolute atomic E-state index is 5.57. The summed E-state index contributed by atoms with van der Waals surface area (Å²) in [5.41, 5.74) is 20.4. The molecule has 4 aromatic carbocycles. The molecule has 0 amide bonds. The number of H-pyrrole nitrogens is 1. The lowest BCUT2D eigenvalue weighted by atomic mass is 10.0. The molecule has 0 saturated carbocycles. The van der Waals surface area contributed by atoms with Crippen molar-refractivity contribution in [2.45, 2.75) is 0 Å². The molecule has 0 radical (unpaired) electrons. The molecule has 0 saturated heterocycles. The first-order valence-corrected chi connectivity index (χ1v) is 11.4. The highest BCUT2D eigenvalue weighted by Crippen LogP contribution is 2.33. The normalized spacial score (nSPS) is 11.2. The molecular weight excluding hydrogens is 406 g/mol. The molecule has 33 heavy (non-hydrogen) atoms. The molecule has 0 aliphatic carbocycles. The van der Waals surface area contributed by atoms with Gasteiger partial charge in [-0.05, 0) is 58.7 Å². The van der Waals surface area contributed by atoms with Crippen molar-refractivity contribution in [1.82, 2.24) is 4.98 Å². The Morgan fingerprint density at radius 1 is 0.515 bits per heavy atom. The molecule has 5 heteroatoms. The molecule has 0 fully saturated rings. The standard InChI is InChI=1S/C28H29N5/c29-13-15-31-23-7-1-19(2-8-23)21-5-11-25-26-12-6-22(18-28(26)33-27(25)17-21)20-3-9-24(10-4-20)32-16-14-30/h1-12,17-18,31-33H,13-16,29-30H2. The predicted molar refractivity (Wildman–Crippen MR) is 142 cm³/mol. The lowest BCUT2D eigenvalue weighted by molar-refractivity contribution is 1.02. The number of anilines is 2. The van der Waals surface area contributed by atoms with Crippen LogP contribution in [-0.2, 0) is 0 Å². The van der Waals surface area contributed by atoms with Crippen LogP contribution in [0, 0.1) is 0 Å². The third kappa shape index (κ3) is 4.42. The number of nitrogens with two attached hydrogens (primary N) is 2. The quantitative estimate of drug-likeness (QED) is 0.226. The molecule has 0 aliphatic rings. The number of benzene rings is 4. The van der Waals surface area contributed by atoms with Gasteiger partial charge in [-0.15, -0.1) is 0 Å². The smallest absolute Gasteiger partial charge is 0.0471 e. The van der Waals surface area contributed by atoms with Crippen LogP contribution in [0.5, 0.6) is 0 Å². The number of rotatable bonds is 8. The van der Waals surface area contributed by atoms with Gasteiger partial charge in [-0.2, -0.15) is 0 Å². The van der Waals surface area contributed by atoms with Gasteiger partial charge >= 0.3 is 0 Å². The van der Waals surface area contributed by atoms with Crippen LogP contribution in [0.25, 0.3) is 44.1 Å². The molecule has 5 rings (SSSR count). The highest BCUT2D eigenvalue weighted by Gasteiger charge is 2.08. The molecule has 0 bridgehead atoms. The van der Waals surface area contributed by atoms with Gasteiger partial charge in [0.1, 0.15) is 0 Å². The van der Waals surface area contributed by atoms with Crippen molar-refractivity contribution in [1.29, 1.82) is 0 Å². The number of nitrogens with one attached hydrogen (secondary N) is 3. The molecule has 5 nitrogen and oxygen atoms in total. The van der Waals surface area contributed by atoms with Crippen LogP contribution in [0.15, 0.2) is 84.9 Å². The second-order valence-corrected chi connectivity index (χ2v) is 8.23. The number of hydrogen-bond acceptors (Lipinski definition) is 4. The minimum Gasteiger partial charge on any atom is -0.384 e. The van der Waals surface area contributed by atoms with Crippen molar-refractivity contribution >= 4 is 33.2 Å². The van der Waals surface area contributed by atoms with Crippen LogP contribution in [0.3, 0.4) is 0 Å². The Morgan fingerprint density at radius 3 is 1.30 bits per heavy atom. The van der Waals surface area contributed by atoms with Gasteiger partial charge in [0.25, 0.3) is 0 Å². The Kier molecular flexibility index (Phi) is 5.98. The van der Waals surface area contributed by atoms with Crippen LogP contribution in [0.2, 0.25) is 0 Å². The third-order valence-corrected chi connectivity index (χ3v) is 5.98. The van der Waals surface area contributed by atoms with Crippen LogP contribution in [0.4, 0.5) is 11.4 Å². The minimum atomic E-state index is 0.623. The zero-order valence-electron chi connectivity index (χ0n) is 18.6. The average molecular weight is 436 g/mol. The van der Waals surface area contributed by atoms with E-state index in [9.17, 15) is 0 Å². The largest absolute Gasteiger partial charge is 0.384 e. The summed E-state index contributed by atoms with van der Waals surface area (Å²) in [6, 6.07) is 30.3. The van der Waals surface area contributed by atoms with Gasteiger partial charge in [-0.1, -0.05) is 48.5 Å². The van der Waals surface area contributed by atoms with Crippen molar-refractivity contribution < 1.29 is 0 Å². The van der Waals surface area contributed by atoms with Crippen LogP contribution >= 0.6 is 0 Å². The van der Waals surface area contributed by atoms with Crippen LogP contribution < -0.4 is 22.1 Å². The van der Waals surface area contributed by atoms with Crippen LogP contribution in [0.1, 0.15) is 0 Å². The van der Waals surface area contributed by atoms with E-state index in [1.807, 2.05) is 0 Å². The molecule has 5 aromatic rings. The molecule has 0 spiro atoms.